The molecule has 1 atom stereocenters. The number of halogens is 1. The summed E-state index contributed by atoms with van der Waals surface area (Å²) in [4.78, 5) is 25.8. The van der Waals surface area contributed by atoms with Gasteiger partial charge in [0.15, 0.2) is 0 Å². The number of hydrazine groups is 1. The Balaban J connectivity index is 1.64. The maximum atomic E-state index is 12.9. The summed E-state index contributed by atoms with van der Waals surface area (Å²) in [5.41, 5.74) is 6.43. The van der Waals surface area contributed by atoms with Crippen molar-refractivity contribution in [2.24, 2.45) is 0 Å². The lowest BCUT2D eigenvalue weighted by Gasteiger charge is -2.17. The Morgan fingerprint density at radius 2 is 1.43 bits per heavy atom. The number of hydrogen-bond donors (Lipinski definition) is 2. The minimum absolute atomic E-state index is 0.0440. The maximum absolute atomic E-state index is 12.9. The van der Waals surface area contributed by atoms with Crippen LogP contribution in [-0.2, 0) is 16.0 Å². The standard InChI is InChI=1S/C22H19FN2O2S/c23-18-13-11-16(12-14-18)15-20(26)24-25-22(27)21(17-7-3-1-4-8-17)28-19-9-5-2-6-10-19/h1-14,21H,15H2,(H,24,26)(H,25,27). The van der Waals surface area contributed by atoms with Crippen LogP contribution in [0.3, 0.4) is 0 Å². The van der Waals surface area contributed by atoms with Gasteiger partial charge in [-0.1, -0.05) is 60.7 Å². The third-order valence-corrected chi connectivity index (χ3v) is 5.21. The van der Waals surface area contributed by atoms with Gasteiger partial charge in [-0.15, -0.1) is 11.8 Å². The molecule has 0 saturated carbocycles. The molecule has 3 aromatic rings. The first-order valence-corrected chi connectivity index (χ1v) is 9.59. The number of benzene rings is 3. The zero-order valence-electron chi connectivity index (χ0n) is 15.0. The van der Waals surface area contributed by atoms with Crippen LogP contribution in [0.2, 0.25) is 0 Å². The normalized spacial score (nSPS) is 11.5. The summed E-state index contributed by atoms with van der Waals surface area (Å²) >= 11 is 1.40. The Labute approximate surface area is 167 Å². The van der Waals surface area contributed by atoms with E-state index in [2.05, 4.69) is 10.9 Å². The molecule has 2 amide bonds. The molecule has 0 heterocycles. The lowest BCUT2D eigenvalue weighted by molar-refractivity contribution is -0.128. The smallest absolute Gasteiger partial charge is 0.256 e. The fourth-order valence-electron chi connectivity index (χ4n) is 2.56. The fraction of sp³-hybridized carbons (Fsp3) is 0.0909. The number of thioether (sulfide) groups is 1. The molecule has 0 radical (unpaired) electrons. The lowest BCUT2D eigenvalue weighted by atomic mass is 10.1. The first-order chi connectivity index (χ1) is 13.6. The predicted octanol–water partition coefficient (Wildman–Crippen LogP) is 4.05. The van der Waals surface area contributed by atoms with Crippen molar-refractivity contribution in [1.82, 2.24) is 10.9 Å². The average Bonchev–Trinajstić information content (AvgIpc) is 2.73. The molecule has 0 spiro atoms. The molecule has 3 rings (SSSR count). The Morgan fingerprint density at radius 1 is 0.821 bits per heavy atom. The van der Waals surface area contributed by atoms with Gasteiger partial charge < -0.3 is 0 Å². The highest BCUT2D eigenvalue weighted by Crippen LogP contribution is 2.35. The van der Waals surface area contributed by atoms with E-state index in [0.29, 0.717) is 5.56 Å². The number of nitrogens with one attached hydrogen (secondary N) is 2. The van der Waals surface area contributed by atoms with Gasteiger partial charge in [-0.25, -0.2) is 4.39 Å². The molecule has 2 N–H and O–H groups in total. The van der Waals surface area contributed by atoms with Crippen molar-refractivity contribution in [1.29, 1.82) is 0 Å². The molecule has 3 aromatic carbocycles. The second-order valence-electron chi connectivity index (χ2n) is 6.06. The molecule has 6 heteroatoms. The van der Waals surface area contributed by atoms with Crippen molar-refractivity contribution in [2.75, 3.05) is 0 Å². The van der Waals surface area contributed by atoms with Crippen LogP contribution < -0.4 is 10.9 Å². The van der Waals surface area contributed by atoms with E-state index in [1.54, 1.807) is 0 Å². The number of hydrogen-bond acceptors (Lipinski definition) is 3. The summed E-state index contributed by atoms with van der Waals surface area (Å²) < 4.78 is 12.9. The highest BCUT2D eigenvalue weighted by molar-refractivity contribution is 8.00. The number of rotatable bonds is 6. The molecule has 28 heavy (non-hydrogen) atoms. The predicted molar refractivity (Wildman–Crippen MR) is 108 cm³/mol. The molecular formula is C22H19FN2O2S. The molecule has 142 valence electrons. The summed E-state index contributed by atoms with van der Waals surface area (Å²) in [7, 11) is 0. The second-order valence-corrected chi connectivity index (χ2v) is 7.24. The summed E-state index contributed by atoms with van der Waals surface area (Å²) in [6.45, 7) is 0. The minimum Gasteiger partial charge on any atom is -0.273 e. The van der Waals surface area contributed by atoms with Gasteiger partial charge in [0.1, 0.15) is 11.1 Å². The van der Waals surface area contributed by atoms with Crippen LogP contribution in [0, 0.1) is 5.82 Å². The first-order valence-electron chi connectivity index (χ1n) is 8.71. The van der Waals surface area contributed by atoms with E-state index >= 15 is 0 Å². The quantitative estimate of drug-likeness (QED) is 0.490. The van der Waals surface area contributed by atoms with Gasteiger partial charge in [0, 0.05) is 4.90 Å². The van der Waals surface area contributed by atoms with Gasteiger partial charge in [0.25, 0.3) is 5.91 Å². The van der Waals surface area contributed by atoms with Crippen molar-refractivity contribution in [3.05, 3.63) is 102 Å². The number of carbonyl (C=O) groups excluding carboxylic acids is 2. The van der Waals surface area contributed by atoms with E-state index in [0.717, 1.165) is 10.5 Å². The van der Waals surface area contributed by atoms with E-state index < -0.39 is 5.25 Å². The second kappa shape index (κ2) is 9.71. The van der Waals surface area contributed by atoms with Crippen LogP contribution >= 0.6 is 11.8 Å². The van der Waals surface area contributed by atoms with E-state index in [9.17, 15) is 14.0 Å². The van der Waals surface area contributed by atoms with Crippen molar-refractivity contribution in [3.63, 3.8) is 0 Å². The molecule has 0 saturated heterocycles. The van der Waals surface area contributed by atoms with Gasteiger partial charge in [-0.05, 0) is 35.4 Å². The third-order valence-electron chi connectivity index (χ3n) is 3.94. The molecule has 0 fully saturated rings. The van der Waals surface area contributed by atoms with Crippen LogP contribution in [0.1, 0.15) is 16.4 Å². The average molecular weight is 394 g/mol. The van der Waals surface area contributed by atoms with Crippen molar-refractivity contribution in [3.8, 4) is 0 Å². The van der Waals surface area contributed by atoms with Crippen molar-refractivity contribution >= 4 is 23.6 Å². The Hall–Kier alpha value is -3.12. The van der Waals surface area contributed by atoms with Crippen LogP contribution in [0.5, 0.6) is 0 Å². The Bertz CT molecular complexity index is 918. The molecule has 1 unspecified atom stereocenters. The monoisotopic (exact) mass is 394 g/mol. The fourth-order valence-corrected chi connectivity index (χ4v) is 3.61. The van der Waals surface area contributed by atoms with E-state index in [1.165, 1.54) is 36.0 Å². The van der Waals surface area contributed by atoms with Crippen molar-refractivity contribution < 1.29 is 14.0 Å². The van der Waals surface area contributed by atoms with E-state index in [4.69, 9.17) is 0 Å². The van der Waals surface area contributed by atoms with E-state index in [-0.39, 0.29) is 24.1 Å². The molecule has 0 aromatic heterocycles. The van der Waals surface area contributed by atoms with Gasteiger partial charge in [-0.3, -0.25) is 20.4 Å². The highest BCUT2D eigenvalue weighted by Gasteiger charge is 2.22. The molecule has 0 aliphatic rings. The minimum atomic E-state index is -0.519. The molecule has 0 aliphatic heterocycles. The number of amides is 2. The maximum Gasteiger partial charge on any atom is 0.256 e. The zero-order chi connectivity index (χ0) is 19.8. The molecular weight excluding hydrogens is 375 g/mol. The summed E-state index contributed by atoms with van der Waals surface area (Å²) in [6, 6.07) is 24.6. The third kappa shape index (κ3) is 5.69. The zero-order valence-corrected chi connectivity index (χ0v) is 15.8. The summed E-state index contributed by atoms with van der Waals surface area (Å²) in [6.07, 6.45) is 0.0440. The van der Waals surface area contributed by atoms with Gasteiger partial charge in [0.2, 0.25) is 5.91 Å². The van der Waals surface area contributed by atoms with Gasteiger partial charge in [0.05, 0.1) is 6.42 Å². The molecule has 0 aliphatic carbocycles. The van der Waals surface area contributed by atoms with Crippen LogP contribution in [0.15, 0.2) is 89.8 Å². The highest BCUT2D eigenvalue weighted by atomic mass is 32.2. The Morgan fingerprint density at radius 3 is 2.07 bits per heavy atom. The van der Waals surface area contributed by atoms with Crippen LogP contribution in [-0.4, -0.2) is 11.8 Å². The van der Waals surface area contributed by atoms with Crippen LogP contribution in [0.25, 0.3) is 0 Å². The Kier molecular flexibility index (Phi) is 6.81. The van der Waals surface area contributed by atoms with Crippen molar-refractivity contribution in [2.45, 2.75) is 16.6 Å². The SMILES string of the molecule is O=C(Cc1ccc(F)cc1)NNC(=O)C(Sc1ccccc1)c1ccccc1. The molecule has 4 nitrogen and oxygen atoms in total. The number of carbonyl (C=O) groups is 2. The summed E-state index contributed by atoms with van der Waals surface area (Å²) in [5.74, 6) is -1.06. The van der Waals surface area contributed by atoms with E-state index in [1.807, 2.05) is 60.7 Å². The lowest BCUT2D eigenvalue weighted by Crippen LogP contribution is -2.44. The van der Waals surface area contributed by atoms with Gasteiger partial charge in [-0.2, -0.15) is 0 Å². The summed E-state index contributed by atoms with van der Waals surface area (Å²) in [5, 5.41) is -0.519. The van der Waals surface area contributed by atoms with Gasteiger partial charge >= 0.3 is 0 Å². The molecule has 0 bridgehead atoms. The first kappa shape index (κ1) is 19.6. The van der Waals surface area contributed by atoms with Crippen LogP contribution in [0.4, 0.5) is 4.39 Å². The largest absolute Gasteiger partial charge is 0.273 e. The topological polar surface area (TPSA) is 58.2 Å².